The van der Waals surface area contributed by atoms with E-state index in [0.29, 0.717) is 0 Å². The molecule has 1 aromatic rings. The van der Waals surface area contributed by atoms with Crippen LogP contribution in [0.15, 0.2) is 35.9 Å². The molecular formula is C26H40. The minimum absolute atomic E-state index is 0.978. The molecule has 0 aliphatic heterocycles. The van der Waals surface area contributed by atoms with Gasteiger partial charge in [-0.25, -0.2) is 0 Å². The summed E-state index contributed by atoms with van der Waals surface area (Å²) in [6.45, 7) is 4.52. The van der Waals surface area contributed by atoms with Crippen LogP contribution < -0.4 is 0 Å². The fourth-order valence-corrected chi connectivity index (χ4v) is 5.18. The minimum Gasteiger partial charge on any atom is -0.0850 e. The third-order valence-corrected chi connectivity index (χ3v) is 7.12. The Morgan fingerprint density at radius 2 is 1.42 bits per heavy atom. The van der Waals surface area contributed by atoms with Crippen molar-refractivity contribution < 1.29 is 0 Å². The molecule has 0 nitrogen and oxygen atoms in total. The van der Waals surface area contributed by atoms with E-state index in [9.17, 15) is 0 Å². The van der Waals surface area contributed by atoms with E-state index in [4.69, 9.17) is 0 Å². The maximum atomic E-state index is 2.60. The molecule has 0 amide bonds. The first-order valence-corrected chi connectivity index (χ1v) is 11.5. The lowest BCUT2D eigenvalue weighted by atomic mass is 9.76. The molecule has 1 unspecified atom stereocenters. The third kappa shape index (κ3) is 6.29. The Bertz CT molecular complexity index is 542. The molecule has 2 aliphatic rings. The number of aryl methyl sites for hydroxylation is 2. The standard InChI is InChI=1S/C26H40/c1-3-4-22-9-11-24(12-10-22)15-16-26-19-17-25(18-20-26)14-13-23-7-5-21(2)6-8-23/h5-8,17,22,24,26H,3-4,9-16,18-20H2,1-2H3/t22-,24-,26?. The van der Waals surface area contributed by atoms with E-state index in [1.54, 1.807) is 5.57 Å². The second kappa shape index (κ2) is 10.3. The number of benzene rings is 1. The van der Waals surface area contributed by atoms with Crippen molar-refractivity contribution in [3.05, 3.63) is 47.0 Å². The highest BCUT2D eigenvalue weighted by Crippen LogP contribution is 2.36. The molecule has 0 spiro atoms. The lowest BCUT2D eigenvalue weighted by Crippen LogP contribution is -2.16. The van der Waals surface area contributed by atoms with Gasteiger partial charge in [0, 0.05) is 0 Å². The van der Waals surface area contributed by atoms with Gasteiger partial charge in [0.15, 0.2) is 0 Å². The zero-order valence-electron chi connectivity index (χ0n) is 17.3. The van der Waals surface area contributed by atoms with E-state index in [1.165, 1.54) is 94.6 Å². The summed E-state index contributed by atoms with van der Waals surface area (Å²) in [6, 6.07) is 9.10. The molecule has 0 saturated heterocycles. The van der Waals surface area contributed by atoms with E-state index in [-0.39, 0.29) is 0 Å². The Morgan fingerprint density at radius 3 is 2.04 bits per heavy atom. The first-order chi connectivity index (χ1) is 12.7. The number of allylic oxidation sites excluding steroid dienone is 2. The first-order valence-electron chi connectivity index (χ1n) is 11.5. The predicted molar refractivity (Wildman–Crippen MR) is 115 cm³/mol. The number of rotatable bonds is 8. The number of hydrogen-bond acceptors (Lipinski definition) is 0. The molecule has 3 rings (SSSR count). The molecule has 1 aromatic carbocycles. The Labute approximate surface area is 162 Å². The van der Waals surface area contributed by atoms with Gasteiger partial charge in [-0.3, -0.25) is 0 Å². The highest BCUT2D eigenvalue weighted by Gasteiger charge is 2.22. The predicted octanol–water partition coefficient (Wildman–Crippen LogP) is 8.04. The normalized spacial score (nSPS) is 26.5. The summed E-state index contributed by atoms with van der Waals surface area (Å²) in [5.74, 6) is 3.09. The lowest BCUT2D eigenvalue weighted by molar-refractivity contribution is 0.236. The second-order valence-corrected chi connectivity index (χ2v) is 9.24. The van der Waals surface area contributed by atoms with Gasteiger partial charge in [-0.1, -0.05) is 93.3 Å². The van der Waals surface area contributed by atoms with Crippen LogP contribution in [0.2, 0.25) is 0 Å². The third-order valence-electron chi connectivity index (χ3n) is 7.12. The van der Waals surface area contributed by atoms with Crippen LogP contribution in [-0.2, 0) is 6.42 Å². The molecule has 1 saturated carbocycles. The van der Waals surface area contributed by atoms with Crippen molar-refractivity contribution in [3.63, 3.8) is 0 Å². The van der Waals surface area contributed by atoms with Crippen LogP contribution in [0, 0.1) is 24.7 Å². The summed E-state index contributed by atoms with van der Waals surface area (Å²) in [4.78, 5) is 0. The summed E-state index contributed by atoms with van der Waals surface area (Å²) >= 11 is 0. The van der Waals surface area contributed by atoms with Crippen molar-refractivity contribution in [2.75, 3.05) is 0 Å². The molecular weight excluding hydrogens is 312 g/mol. The van der Waals surface area contributed by atoms with Crippen molar-refractivity contribution in [1.82, 2.24) is 0 Å². The van der Waals surface area contributed by atoms with E-state index < -0.39 is 0 Å². The van der Waals surface area contributed by atoms with E-state index in [2.05, 4.69) is 44.2 Å². The van der Waals surface area contributed by atoms with Gasteiger partial charge >= 0.3 is 0 Å². The van der Waals surface area contributed by atoms with Gasteiger partial charge < -0.3 is 0 Å². The van der Waals surface area contributed by atoms with Gasteiger partial charge in [-0.15, -0.1) is 0 Å². The van der Waals surface area contributed by atoms with Crippen molar-refractivity contribution in [2.24, 2.45) is 17.8 Å². The van der Waals surface area contributed by atoms with Crippen molar-refractivity contribution in [1.29, 1.82) is 0 Å². The minimum atomic E-state index is 0.978. The molecule has 0 bridgehead atoms. The Hall–Kier alpha value is -1.04. The highest BCUT2D eigenvalue weighted by atomic mass is 14.3. The molecule has 144 valence electrons. The number of hydrogen-bond donors (Lipinski definition) is 0. The zero-order chi connectivity index (χ0) is 18.2. The van der Waals surface area contributed by atoms with Gasteiger partial charge in [0.25, 0.3) is 0 Å². The van der Waals surface area contributed by atoms with Crippen LogP contribution >= 0.6 is 0 Å². The first kappa shape index (κ1) is 19.7. The van der Waals surface area contributed by atoms with E-state index in [1.807, 2.05) is 0 Å². The van der Waals surface area contributed by atoms with Gasteiger partial charge in [-0.2, -0.15) is 0 Å². The Kier molecular flexibility index (Phi) is 7.84. The van der Waals surface area contributed by atoms with Gasteiger partial charge in [0.1, 0.15) is 0 Å². The van der Waals surface area contributed by atoms with Gasteiger partial charge in [-0.05, 0) is 68.8 Å². The second-order valence-electron chi connectivity index (χ2n) is 9.24. The van der Waals surface area contributed by atoms with Crippen LogP contribution in [0.5, 0.6) is 0 Å². The zero-order valence-corrected chi connectivity index (χ0v) is 17.3. The fraction of sp³-hybridized carbons (Fsp3) is 0.692. The van der Waals surface area contributed by atoms with Crippen LogP contribution in [0.25, 0.3) is 0 Å². The van der Waals surface area contributed by atoms with Crippen LogP contribution in [0.4, 0.5) is 0 Å². The van der Waals surface area contributed by atoms with E-state index in [0.717, 1.165) is 17.8 Å². The molecule has 26 heavy (non-hydrogen) atoms. The van der Waals surface area contributed by atoms with Crippen molar-refractivity contribution in [2.45, 2.75) is 97.3 Å². The molecule has 0 N–H and O–H groups in total. The molecule has 1 fully saturated rings. The largest absolute Gasteiger partial charge is 0.0850 e. The van der Waals surface area contributed by atoms with Crippen LogP contribution in [0.3, 0.4) is 0 Å². The van der Waals surface area contributed by atoms with Gasteiger partial charge in [0.2, 0.25) is 0 Å². The average molecular weight is 353 g/mol. The maximum absolute atomic E-state index is 2.60. The van der Waals surface area contributed by atoms with Crippen LogP contribution in [-0.4, -0.2) is 0 Å². The Balaban J connectivity index is 1.32. The Morgan fingerprint density at radius 1 is 0.769 bits per heavy atom. The maximum Gasteiger partial charge on any atom is -0.0241 e. The molecule has 2 aliphatic carbocycles. The monoisotopic (exact) mass is 352 g/mol. The van der Waals surface area contributed by atoms with Crippen molar-refractivity contribution in [3.8, 4) is 0 Å². The molecule has 0 heteroatoms. The fourth-order valence-electron chi connectivity index (χ4n) is 5.18. The summed E-state index contributed by atoms with van der Waals surface area (Å²) in [5.41, 5.74) is 4.59. The van der Waals surface area contributed by atoms with E-state index >= 15 is 0 Å². The average Bonchev–Trinajstić information content (AvgIpc) is 2.68. The SMILES string of the molecule is CCC[C@H]1CC[C@H](CCC2CC=C(CCc3ccc(C)cc3)CC2)CC1. The molecule has 0 aromatic heterocycles. The molecule has 0 heterocycles. The van der Waals surface area contributed by atoms with Crippen LogP contribution in [0.1, 0.15) is 95.1 Å². The quantitative estimate of drug-likeness (QED) is 0.415. The highest BCUT2D eigenvalue weighted by molar-refractivity contribution is 5.22. The summed E-state index contributed by atoms with van der Waals surface area (Å²) in [6.07, 6.45) is 21.2. The van der Waals surface area contributed by atoms with Crippen molar-refractivity contribution >= 4 is 0 Å². The smallest absolute Gasteiger partial charge is 0.0241 e. The molecule has 1 atom stereocenters. The summed E-state index contributed by atoms with van der Waals surface area (Å²) in [5, 5.41) is 0. The summed E-state index contributed by atoms with van der Waals surface area (Å²) in [7, 11) is 0. The van der Waals surface area contributed by atoms with Gasteiger partial charge in [0.05, 0.1) is 0 Å². The molecule has 0 radical (unpaired) electrons. The summed E-state index contributed by atoms with van der Waals surface area (Å²) < 4.78 is 0. The topological polar surface area (TPSA) is 0 Å². The lowest BCUT2D eigenvalue weighted by Gasteiger charge is -2.30.